The Balaban J connectivity index is 2.09. The summed E-state index contributed by atoms with van der Waals surface area (Å²) < 4.78 is 13.0. The first-order chi connectivity index (χ1) is 7.47. The van der Waals surface area contributed by atoms with E-state index in [9.17, 15) is 4.39 Å². The van der Waals surface area contributed by atoms with Crippen LogP contribution in [0.5, 0.6) is 0 Å². The third-order valence-corrected chi connectivity index (χ3v) is 3.36. The average molecular weight is 223 g/mol. The lowest BCUT2D eigenvalue weighted by Gasteiger charge is -2.27. The predicted octanol–water partition coefficient (Wildman–Crippen LogP) is 2.49. The first-order valence-electron chi connectivity index (χ1n) is 5.69. The minimum atomic E-state index is -0.454. The molecule has 3 nitrogen and oxygen atoms in total. The molecule has 0 N–H and O–H groups in total. The fourth-order valence-corrected chi connectivity index (χ4v) is 2.17. The third kappa shape index (κ3) is 2.31. The summed E-state index contributed by atoms with van der Waals surface area (Å²) in [5.41, 5.74) is 0.306. The van der Waals surface area contributed by atoms with Crippen LogP contribution in [0.25, 0.3) is 0 Å². The summed E-state index contributed by atoms with van der Waals surface area (Å²) in [6.45, 7) is 8.67. The number of aromatic nitrogens is 2. The van der Waals surface area contributed by atoms with Crippen molar-refractivity contribution in [3.63, 3.8) is 0 Å². The maximum atomic E-state index is 13.0. The van der Waals surface area contributed by atoms with Gasteiger partial charge in [0.2, 0.25) is 5.95 Å². The van der Waals surface area contributed by atoms with Gasteiger partial charge < -0.3 is 4.90 Å². The maximum Gasteiger partial charge on any atom is 0.218 e. The second-order valence-corrected chi connectivity index (χ2v) is 5.50. The largest absolute Gasteiger partial charge is 0.356 e. The molecular weight excluding hydrogens is 205 g/mol. The van der Waals surface area contributed by atoms with Gasteiger partial charge >= 0.3 is 0 Å². The molecule has 0 bridgehead atoms. The van der Waals surface area contributed by atoms with E-state index in [1.54, 1.807) is 0 Å². The van der Waals surface area contributed by atoms with Crippen molar-refractivity contribution in [2.75, 3.05) is 18.0 Å². The van der Waals surface area contributed by atoms with Crippen molar-refractivity contribution in [2.24, 2.45) is 11.3 Å². The van der Waals surface area contributed by atoms with Gasteiger partial charge in [-0.1, -0.05) is 20.8 Å². The fraction of sp³-hybridized carbons (Fsp3) is 0.667. The lowest BCUT2D eigenvalue weighted by Crippen LogP contribution is -2.26. The molecule has 1 atom stereocenters. The van der Waals surface area contributed by atoms with E-state index >= 15 is 0 Å². The molecule has 0 aliphatic carbocycles. The van der Waals surface area contributed by atoms with Gasteiger partial charge in [-0.2, -0.15) is 4.39 Å². The van der Waals surface area contributed by atoms with Gasteiger partial charge in [0.05, 0.1) is 0 Å². The molecule has 1 aliphatic heterocycles. The van der Waals surface area contributed by atoms with E-state index in [4.69, 9.17) is 0 Å². The van der Waals surface area contributed by atoms with Gasteiger partial charge in [-0.25, -0.2) is 9.97 Å². The lowest BCUT2D eigenvalue weighted by molar-refractivity contribution is 0.263. The van der Waals surface area contributed by atoms with E-state index in [0.717, 1.165) is 19.5 Å². The Morgan fingerprint density at radius 1 is 1.38 bits per heavy atom. The van der Waals surface area contributed by atoms with Gasteiger partial charge in [-0.05, 0) is 17.8 Å². The summed E-state index contributed by atoms with van der Waals surface area (Å²) in [6, 6.07) is 1.41. The molecule has 2 rings (SSSR count). The number of hydrogen-bond acceptors (Lipinski definition) is 3. The average Bonchev–Trinajstić information content (AvgIpc) is 2.65. The molecule has 1 saturated heterocycles. The second kappa shape index (κ2) is 4.00. The highest BCUT2D eigenvalue weighted by Gasteiger charge is 2.32. The zero-order valence-corrected chi connectivity index (χ0v) is 10.1. The molecule has 2 heterocycles. The highest BCUT2D eigenvalue weighted by molar-refractivity contribution is 5.38. The van der Waals surface area contributed by atoms with Crippen molar-refractivity contribution >= 4 is 5.82 Å². The van der Waals surface area contributed by atoms with Crippen molar-refractivity contribution in [3.05, 3.63) is 18.3 Å². The minimum Gasteiger partial charge on any atom is -0.356 e. The molecule has 1 fully saturated rings. The van der Waals surface area contributed by atoms with E-state index in [1.165, 1.54) is 12.4 Å². The molecule has 16 heavy (non-hydrogen) atoms. The standard InChI is InChI=1S/C12H18FN3/c1-12(2,3)9-4-5-16(7-9)11-6-10(13)14-8-15-11/h6,8-9H,4-5,7H2,1-3H3. The zero-order chi connectivity index (χ0) is 11.8. The molecule has 88 valence electrons. The Labute approximate surface area is 95.7 Å². The molecule has 4 heteroatoms. The molecule has 1 aliphatic rings. The first kappa shape index (κ1) is 11.3. The van der Waals surface area contributed by atoms with Crippen molar-refractivity contribution in [3.8, 4) is 0 Å². The van der Waals surface area contributed by atoms with Crippen molar-refractivity contribution in [1.29, 1.82) is 0 Å². The molecule has 1 unspecified atom stereocenters. The number of rotatable bonds is 1. The maximum absolute atomic E-state index is 13.0. The molecule has 0 radical (unpaired) electrons. The Kier molecular flexibility index (Phi) is 2.82. The van der Waals surface area contributed by atoms with E-state index in [2.05, 4.69) is 35.6 Å². The highest BCUT2D eigenvalue weighted by atomic mass is 19.1. The Bertz CT molecular complexity index is 373. The van der Waals surface area contributed by atoms with Crippen LogP contribution in [0.4, 0.5) is 10.2 Å². The molecule has 0 spiro atoms. The summed E-state index contributed by atoms with van der Waals surface area (Å²) in [4.78, 5) is 9.73. The first-order valence-corrected chi connectivity index (χ1v) is 5.69. The van der Waals surface area contributed by atoms with Gasteiger partial charge in [-0.15, -0.1) is 0 Å². The van der Waals surface area contributed by atoms with Gasteiger partial charge in [0.15, 0.2) is 0 Å². The van der Waals surface area contributed by atoms with Crippen LogP contribution in [0.2, 0.25) is 0 Å². The smallest absolute Gasteiger partial charge is 0.218 e. The normalized spacial score (nSPS) is 21.5. The van der Waals surface area contributed by atoms with Crippen LogP contribution in [0.3, 0.4) is 0 Å². The van der Waals surface area contributed by atoms with E-state index < -0.39 is 5.95 Å². The number of nitrogens with zero attached hydrogens (tertiary/aromatic N) is 3. The Morgan fingerprint density at radius 3 is 2.69 bits per heavy atom. The monoisotopic (exact) mass is 223 g/mol. The molecule has 1 aromatic rings. The van der Waals surface area contributed by atoms with Crippen LogP contribution in [0.15, 0.2) is 12.4 Å². The summed E-state index contributed by atoms with van der Waals surface area (Å²) >= 11 is 0. The second-order valence-electron chi connectivity index (χ2n) is 5.50. The van der Waals surface area contributed by atoms with E-state index in [0.29, 0.717) is 17.2 Å². The van der Waals surface area contributed by atoms with Crippen molar-refractivity contribution in [1.82, 2.24) is 9.97 Å². The molecule has 0 saturated carbocycles. The fourth-order valence-electron chi connectivity index (χ4n) is 2.17. The van der Waals surface area contributed by atoms with Gasteiger partial charge in [0.1, 0.15) is 12.1 Å². The SMILES string of the molecule is CC(C)(C)C1CCN(c2cc(F)ncn2)C1. The van der Waals surface area contributed by atoms with Gasteiger partial charge in [-0.3, -0.25) is 0 Å². The molecule has 1 aromatic heterocycles. The predicted molar refractivity (Wildman–Crippen MR) is 61.8 cm³/mol. The summed E-state index contributed by atoms with van der Waals surface area (Å²) in [5.74, 6) is 0.897. The van der Waals surface area contributed by atoms with Crippen LogP contribution < -0.4 is 4.90 Å². The van der Waals surface area contributed by atoms with Crippen LogP contribution in [0, 0.1) is 17.3 Å². The number of hydrogen-bond donors (Lipinski definition) is 0. The Morgan fingerprint density at radius 2 is 2.12 bits per heavy atom. The van der Waals surface area contributed by atoms with E-state index in [1.807, 2.05) is 0 Å². The highest BCUT2D eigenvalue weighted by Crippen LogP contribution is 2.34. The summed E-state index contributed by atoms with van der Waals surface area (Å²) in [5, 5.41) is 0. The molecule has 0 aromatic carbocycles. The van der Waals surface area contributed by atoms with Crippen LogP contribution in [0.1, 0.15) is 27.2 Å². The van der Waals surface area contributed by atoms with Gasteiger partial charge in [0, 0.05) is 19.2 Å². The molecule has 0 amide bonds. The number of anilines is 1. The third-order valence-electron chi connectivity index (χ3n) is 3.36. The van der Waals surface area contributed by atoms with Crippen LogP contribution >= 0.6 is 0 Å². The van der Waals surface area contributed by atoms with Crippen LogP contribution in [-0.2, 0) is 0 Å². The minimum absolute atomic E-state index is 0.306. The number of halogens is 1. The van der Waals surface area contributed by atoms with E-state index in [-0.39, 0.29) is 0 Å². The topological polar surface area (TPSA) is 29.0 Å². The quantitative estimate of drug-likeness (QED) is 0.685. The van der Waals surface area contributed by atoms with Gasteiger partial charge in [0.25, 0.3) is 0 Å². The molecular formula is C12H18FN3. The summed E-state index contributed by atoms with van der Waals surface area (Å²) in [7, 11) is 0. The lowest BCUT2D eigenvalue weighted by atomic mass is 9.80. The van der Waals surface area contributed by atoms with Crippen molar-refractivity contribution < 1.29 is 4.39 Å². The zero-order valence-electron chi connectivity index (χ0n) is 10.1. The van der Waals surface area contributed by atoms with Crippen LogP contribution in [-0.4, -0.2) is 23.1 Å². The Hall–Kier alpha value is -1.19. The summed E-state index contributed by atoms with van der Waals surface area (Å²) in [6.07, 6.45) is 2.43. The van der Waals surface area contributed by atoms with Crippen molar-refractivity contribution in [2.45, 2.75) is 27.2 Å².